The molecule has 1 atom stereocenters. The lowest BCUT2D eigenvalue weighted by atomic mass is 9.87. The van der Waals surface area contributed by atoms with Gasteiger partial charge in [0.15, 0.2) is 0 Å². The number of pyridine rings is 1. The van der Waals surface area contributed by atoms with Gasteiger partial charge >= 0.3 is 0 Å². The third-order valence-electron chi connectivity index (χ3n) is 6.97. The van der Waals surface area contributed by atoms with E-state index in [-0.39, 0.29) is 18.0 Å². The Kier molecular flexibility index (Phi) is 6.89. The predicted octanol–water partition coefficient (Wildman–Crippen LogP) is 3.41. The summed E-state index contributed by atoms with van der Waals surface area (Å²) in [7, 11) is 0. The van der Waals surface area contributed by atoms with Gasteiger partial charge in [-0.15, -0.1) is 0 Å². The molecule has 0 spiro atoms. The maximum absolute atomic E-state index is 13.3. The molecule has 1 saturated heterocycles. The Balaban J connectivity index is 1.52. The van der Waals surface area contributed by atoms with Crippen LogP contribution in [0, 0.1) is 6.92 Å². The van der Waals surface area contributed by atoms with Crippen LogP contribution in [0.2, 0.25) is 0 Å². The lowest BCUT2D eigenvalue weighted by Gasteiger charge is -2.34. The van der Waals surface area contributed by atoms with Gasteiger partial charge < -0.3 is 25.7 Å². The van der Waals surface area contributed by atoms with Gasteiger partial charge in [-0.25, -0.2) is 4.98 Å². The second-order valence-corrected chi connectivity index (χ2v) is 9.85. The van der Waals surface area contributed by atoms with E-state index in [0.29, 0.717) is 31.9 Å². The number of hydrogen-bond acceptors (Lipinski definition) is 6. The number of amides is 1. The number of H-pyrrole nitrogens is 1. The first-order chi connectivity index (χ1) is 17.4. The molecule has 5 rings (SSSR count). The zero-order valence-corrected chi connectivity index (χ0v) is 21.2. The molecule has 36 heavy (non-hydrogen) atoms. The molecule has 0 radical (unpaired) electrons. The number of benzene rings is 1. The van der Waals surface area contributed by atoms with Crippen LogP contribution >= 0.6 is 0 Å². The minimum absolute atomic E-state index is 0.0696. The molecule has 0 saturated carbocycles. The maximum atomic E-state index is 13.3. The standard InChI is InChI=1S/C28H34N6O2/c1-17(2)31-14-22(11-29)28(35)34-6-4-19-8-20(21-10-23-18(3)12-32-27(23)33-13-21)9-24(25(19)15-34)26-16-36-7-5-30-26/h8-14,17,26,30H,4-7,15-16,29H2,1-3H3,(H,32,33)/t26-/m0/s1. The molecule has 0 bridgehead atoms. The summed E-state index contributed by atoms with van der Waals surface area (Å²) in [6, 6.07) is 6.87. The number of rotatable bonds is 5. The van der Waals surface area contributed by atoms with Gasteiger partial charge in [-0.05, 0) is 67.1 Å². The Morgan fingerprint density at radius 2 is 2.17 bits per heavy atom. The van der Waals surface area contributed by atoms with E-state index >= 15 is 0 Å². The summed E-state index contributed by atoms with van der Waals surface area (Å²) in [5.74, 6) is -0.0898. The lowest BCUT2D eigenvalue weighted by Crippen LogP contribution is -2.40. The number of hydrogen-bond donors (Lipinski definition) is 3. The van der Waals surface area contributed by atoms with Gasteiger partial charge in [0, 0.05) is 61.4 Å². The molecular weight excluding hydrogens is 452 g/mol. The Bertz CT molecular complexity index is 1330. The number of nitrogens with two attached hydrogens (primary N) is 1. The van der Waals surface area contributed by atoms with Crippen molar-refractivity contribution in [1.29, 1.82) is 0 Å². The molecule has 3 aromatic rings. The van der Waals surface area contributed by atoms with Crippen molar-refractivity contribution in [3.8, 4) is 11.1 Å². The highest BCUT2D eigenvalue weighted by Gasteiger charge is 2.28. The first kappa shape index (κ1) is 24.2. The fourth-order valence-corrected chi connectivity index (χ4v) is 4.99. The molecule has 4 N–H and O–H groups in total. The highest BCUT2D eigenvalue weighted by atomic mass is 16.5. The van der Waals surface area contributed by atoms with Crippen LogP contribution in [0.25, 0.3) is 22.2 Å². The number of aromatic nitrogens is 2. The van der Waals surface area contributed by atoms with Crippen molar-refractivity contribution in [2.45, 2.75) is 45.8 Å². The second-order valence-electron chi connectivity index (χ2n) is 9.85. The van der Waals surface area contributed by atoms with Gasteiger partial charge in [0.05, 0.1) is 24.8 Å². The van der Waals surface area contributed by atoms with Crippen LogP contribution in [0.4, 0.5) is 0 Å². The van der Waals surface area contributed by atoms with Crippen LogP contribution in [-0.4, -0.2) is 59.3 Å². The van der Waals surface area contributed by atoms with E-state index in [1.54, 1.807) is 6.21 Å². The number of nitrogens with one attached hydrogen (secondary N) is 2. The molecule has 8 heteroatoms. The van der Waals surface area contributed by atoms with E-state index in [9.17, 15) is 4.79 Å². The Morgan fingerprint density at radius 3 is 2.92 bits per heavy atom. The fourth-order valence-electron chi connectivity index (χ4n) is 4.99. The number of morpholine rings is 1. The number of ether oxygens (including phenoxy) is 1. The molecule has 2 aliphatic heterocycles. The minimum atomic E-state index is -0.0898. The molecule has 0 unspecified atom stereocenters. The number of aromatic amines is 1. The van der Waals surface area contributed by atoms with E-state index < -0.39 is 0 Å². The third-order valence-corrected chi connectivity index (χ3v) is 6.97. The molecule has 4 heterocycles. The molecular formula is C28H34N6O2. The summed E-state index contributed by atoms with van der Waals surface area (Å²) in [4.78, 5) is 27.4. The first-order valence-electron chi connectivity index (χ1n) is 12.6. The van der Waals surface area contributed by atoms with Gasteiger partial charge in [-0.2, -0.15) is 0 Å². The number of aryl methyl sites for hydroxylation is 1. The average molecular weight is 487 g/mol. The highest BCUT2D eigenvalue weighted by Crippen LogP contribution is 2.34. The minimum Gasteiger partial charge on any atom is -0.404 e. The summed E-state index contributed by atoms with van der Waals surface area (Å²) in [6.45, 7) is 9.30. The number of aliphatic imine (C=N–C) groups is 1. The molecule has 2 aliphatic rings. The first-order valence-corrected chi connectivity index (χ1v) is 12.6. The Hall–Kier alpha value is -3.49. The van der Waals surface area contributed by atoms with Crippen LogP contribution < -0.4 is 11.1 Å². The van der Waals surface area contributed by atoms with Gasteiger partial charge in [0.2, 0.25) is 0 Å². The summed E-state index contributed by atoms with van der Waals surface area (Å²) in [5.41, 5.74) is 14.2. The molecule has 1 fully saturated rings. The normalized spacial score (nSPS) is 18.8. The van der Waals surface area contributed by atoms with Gasteiger partial charge in [-0.1, -0.05) is 6.07 Å². The van der Waals surface area contributed by atoms with Crippen molar-refractivity contribution >= 4 is 23.2 Å². The lowest BCUT2D eigenvalue weighted by molar-refractivity contribution is -0.127. The molecule has 2 aromatic heterocycles. The summed E-state index contributed by atoms with van der Waals surface area (Å²) < 4.78 is 5.82. The Labute approximate surface area is 211 Å². The van der Waals surface area contributed by atoms with Crippen LogP contribution in [0.3, 0.4) is 0 Å². The van der Waals surface area contributed by atoms with Crippen molar-refractivity contribution in [1.82, 2.24) is 20.2 Å². The van der Waals surface area contributed by atoms with E-state index in [0.717, 1.165) is 35.1 Å². The van der Waals surface area contributed by atoms with Crippen molar-refractivity contribution in [2.24, 2.45) is 10.7 Å². The number of carbonyl (C=O) groups is 1. The van der Waals surface area contributed by atoms with E-state index in [2.05, 4.69) is 45.4 Å². The molecule has 1 aromatic carbocycles. The van der Waals surface area contributed by atoms with Crippen molar-refractivity contribution < 1.29 is 9.53 Å². The summed E-state index contributed by atoms with van der Waals surface area (Å²) in [6.07, 6.45) is 7.64. The molecule has 0 aliphatic carbocycles. The number of nitrogens with zero attached hydrogens (tertiary/aromatic N) is 3. The average Bonchev–Trinajstić information content (AvgIpc) is 3.28. The van der Waals surface area contributed by atoms with Crippen molar-refractivity contribution in [2.75, 3.05) is 26.3 Å². The fraction of sp³-hybridized carbons (Fsp3) is 0.393. The van der Waals surface area contributed by atoms with Crippen molar-refractivity contribution in [3.05, 3.63) is 64.6 Å². The number of carbonyl (C=O) groups excluding carboxylic acids is 1. The van der Waals surface area contributed by atoms with Crippen LogP contribution in [-0.2, 0) is 22.5 Å². The zero-order chi connectivity index (χ0) is 25.2. The van der Waals surface area contributed by atoms with Crippen LogP contribution in [0.5, 0.6) is 0 Å². The van der Waals surface area contributed by atoms with Crippen LogP contribution in [0.1, 0.15) is 42.1 Å². The molecule has 1 amide bonds. The predicted molar refractivity (Wildman–Crippen MR) is 143 cm³/mol. The Morgan fingerprint density at radius 1 is 1.31 bits per heavy atom. The largest absolute Gasteiger partial charge is 0.404 e. The quantitative estimate of drug-likeness (QED) is 0.378. The third kappa shape index (κ3) is 4.79. The van der Waals surface area contributed by atoms with E-state index in [4.69, 9.17) is 10.5 Å². The topological polar surface area (TPSA) is 109 Å². The van der Waals surface area contributed by atoms with E-state index in [1.165, 1.54) is 28.5 Å². The second kappa shape index (κ2) is 10.2. The monoisotopic (exact) mass is 486 g/mol. The van der Waals surface area contributed by atoms with Gasteiger partial charge in [0.25, 0.3) is 5.91 Å². The highest BCUT2D eigenvalue weighted by molar-refractivity contribution is 6.12. The molecule has 8 nitrogen and oxygen atoms in total. The smallest absolute Gasteiger partial charge is 0.257 e. The summed E-state index contributed by atoms with van der Waals surface area (Å²) in [5, 5.41) is 4.74. The van der Waals surface area contributed by atoms with Crippen molar-refractivity contribution in [3.63, 3.8) is 0 Å². The summed E-state index contributed by atoms with van der Waals surface area (Å²) >= 11 is 0. The van der Waals surface area contributed by atoms with E-state index in [1.807, 2.05) is 31.1 Å². The maximum Gasteiger partial charge on any atom is 0.257 e. The number of fused-ring (bicyclic) bond motifs is 2. The van der Waals surface area contributed by atoms with Crippen LogP contribution in [0.15, 0.2) is 47.4 Å². The molecule has 188 valence electrons. The van der Waals surface area contributed by atoms with Gasteiger partial charge in [0.1, 0.15) is 5.65 Å². The zero-order valence-electron chi connectivity index (χ0n) is 21.2. The van der Waals surface area contributed by atoms with Gasteiger partial charge in [-0.3, -0.25) is 9.79 Å². The SMILES string of the molecule is Cc1c[nH]c2ncc(-c3cc4c(c([C@@H]5COCCN5)c3)CN(C(=O)C(C=NC(C)C)=CN)CC4)cc12.